The van der Waals surface area contributed by atoms with Gasteiger partial charge in [-0.15, -0.1) is 22.7 Å². The van der Waals surface area contributed by atoms with Crippen molar-refractivity contribution in [1.82, 2.24) is 90.7 Å². The number of imidazole rings is 2. The molecule has 2 fully saturated rings. The third-order valence-corrected chi connectivity index (χ3v) is 26.4. The summed E-state index contributed by atoms with van der Waals surface area (Å²) in [6.45, 7) is 31.2. The Labute approximate surface area is 883 Å². The van der Waals surface area contributed by atoms with Gasteiger partial charge in [-0.3, -0.25) is 38.4 Å². The lowest BCUT2D eigenvalue weighted by atomic mass is 9.76. The zero-order valence-electron chi connectivity index (χ0n) is 87.7. The van der Waals surface area contributed by atoms with Crippen LogP contribution >= 0.6 is 22.7 Å². The largest absolute Gasteiger partial charge is 0.490 e. The molecule has 0 radical (unpaired) electrons. The Kier molecular flexibility index (Phi) is 47.1. The van der Waals surface area contributed by atoms with Crippen LogP contribution in [0.4, 0.5) is 11.6 Å². The number of carbonyl (C=O) groups is 8. The summed E-state index contributed by atoms with van der Waals surface area (Å²) in [5, 5.41) is 76.6. The first-order valence-corrected chi connectivity index (χ1v) is 52.4. The second-order valence-corrected chi connectivity index (χ2v) is 41.4. The topological polar surface area (TPSA) is 591 Å². The Morgan fingerprint density at radius 3 is 1.35 bits per heavy atom. The molecule has 6 atom stereocenters. The van der Waals surface area contributed by atoms with Crippen molar-refractivity contribution in [3.05, 3.63) is 106 Å². The fraction of sp³-hybridized carbons (Fsp3) is 0.566. The number of aliphatic hydroxyl groups excluding tert-OH is 2. The Hall–Kier alpha value is -12.9. The van der Waals surface area contributed by atoms with E-state index in [-0.39, 0.29) is 139 Å². The number of pyridine rings is 2. The summed E-state index contributed by atoms with van der Waals surface area (Å²) in [4.78, 5) is 135. The van der Waals surface area contributed by atoms with Gasteiger partial charge in [0.25, 0.3) is 0 Å². The monoisotopic (exact) mass is 2120 g/mol. The Balaban J connectivity index is 0.000000276. The second kappa shape index (κ2) is 58.5. The molecule has 0 saturated carbocycles. The van der Waals surface area contributed by atoms with Crippen molar-refractivity contribution in [3.63, 3.8) is 0 Å². The van der Waals surface area contributed by atoms with Crippen molar-refractivity contribution in [2.24, 2.45) is 22.5 Å². The number of amides is 6. The maximum atomic E-state index is 14.0. The van der Waals surface area contributed by atoms with Gasteiger partial charge in [-0.25, -0.2) is 39.2 Å². The van der Waals surface area contributed by atoms with Crippen LogP contribution in [-0.2, 0) is 83.5 Å². The number of hydrogen-bond acceptors (Lipinski definition) is 35. The van der Waals surface area contributed by atoms with Gasteiger partial charge in [-0.05, 0) is 147 Å². The number of rotatable bonds is 52. The number of aliphatic carboxylic acids is 1. The highest BCUT2D eigenvalue weighted by atomic mass is 32.1. The van der Waals surface area contributed by atoms with E-state index in [4.69, 9.17) is 65.0 Å². The standard InChI is InChI=1S/C52H71N11O10S.C30H44N4O6S.C23H30N6O5.CH4/c1-8-62-44-39(30-55-37(19-21-52(6,7)69)42(44)59-48(62)43-47(53)61-73-60-43)72-23-13-11-9-10-12-14-40(65)54-22-25-71-27-26-70-24-20-41(66)58-46(51(3,4)5)50(68)63-31-36(64)28-38(63)49(67)56-29-34-15-17-35(18-16-34)45-33(2)57-32-74-45;1-20-27(41-19-33-20)22-7-5-21(6-8-22)17-32-28(37)26-16-24(36)18-34(26)29(38)25(30(2,3)4)15-23(35)9-11-39-13-14-40-12-10-31;1-4-29-20-16(33-13-9-7-5-6-8-10-17(30)31)14-25-15(11-12-23(2,3)32)18(20)26-22(29)19-21(24)28-34-27-19;/h15-18,30,32,36,38,46,64,69H,8-14,20,22-29,31H2,1-7H3,(H2,53,61)(H,54,65)(H,56,67)(H,58,66);5-8,19,24-26,36H,9-18,31H2,1-4H3,(H,32,37);14,32H,4-10,13H2,1-3H3,(H2,24,28)(H,30,31);1H4/t36-,38+,46-;24-,25-,26+;;/m11../s1. The number of nitrogens with two attached hydrogens (primary N) is 3. The van der Waals surface area contributed by atoms with Gasteiger partial charge in [0, 0.05) is 103 Å². The second-order valence-electron chi connectivity index (χ2n) is 39.7. The van der Waals surface area contributed by atoms with Crippen LogP contribution in [0.1, 0.15) is 234 Å². The number of fused-ring (bicyclic) bond motifs is 2. The third-order valence-electron chi connectivity index (χ3n) is 24.5. The first-order valence-electron chi connectivity index (χ1n) is 50.6. The molecule has 44 heteroatoms. The Morgan fingerprint density at radius 1 is 0.513 bits per heavy atom. The molecule has 0 bridgehead atoms. The number of nitrogens with zero attached hydrogens (tertiary/aromatic N) is 14. The number of carbonyl (C=O) groups excluding carboxylic acids is 7. The van der Waals surface area contributed by atoms with Crippen LogP contribution in [0.2, 0.25) is 0 Å². The first-order chi connectivity index (χ1) is 71.1. The van der Waals surface area contributed by atoms with Crippen LogP contribution < -0.4 is 47.9 Å². The number of benzene rings is 2. The fourth-order valence-electron chi connectivity index (χ4n) is 16.6. The van der Waals surface area contributed by atoms with Gasteiger partial charge in [0.2, 0.25) is 35.4 Å². The number of anilines is 2. The molecule has 816 valence electrons. The normalized spacial score (nSPS) is 15.0. The number of unbranched alkanes of at least 4 members (excludes halogenated alkanes) is 8. The van der Waals surface area contributed by atoms with Gasteiger partial charge in [-0.2, -0.15) is 0 Å². The smallest absolute Gasteiger partial charge is 0.303 e. The maximum absolute atomic E-state index is 14.0. The number of ether oxygens (including phenoxy) is 6. The van der Waals surface area contributed by atoms with Crippen molar-refractivity contribution in [2.75, 3.05) is 104 Å². The molecule has 0 aliphatic carbocycles. The van der Waals surface area contributed by atoms with Gasteiger partial charge in [0.15, 0.2) is 46.2 Å². The number of thiazole rings is 2. The third kappa shape index (κ3) is 36.5. The van der Waals surface area contributed by atoms with E-state index in [1.54, 1.807) is 62.8 Å². The summed E-state index contributed by atoms with van der Waals surface area (Å²) in [7, 11) is 0. The molecule has 0 spiro atoms. The minimum Gasteiger partial charge on any atom is -0.490 e. The first kappa shape index (κ1) is 121. The predicted molar refractivity (Wildman–Crippen MR) is 568 cm³/mol. The number of ketones is 1. The average molecular weight is 2120 g/mol. The molecular formula is C106H149N21O21S2. The number of aromatic nitrogens is 12. The molecule has 10 aromatic rings. The lowest BCUT2D eigenvalue weighted by Gasteiger charge is -2.35. The number of hydrogen-bond donors (Lipinski definition) is 12. The SMILES string of the molecule is C.CCn1c(-c2nonc2N)nc2c(C#CC(C)(C)O)ncc(OCCCCCCCC(=O)NCCOCCOCCC(=O)N[C@H](C(=O)N3C[C@H](O)C[C@H]3C(=O)NCc3ccc(-c4scnc4C)cc3)C(C)(C)C)c21.CCn1c(-c2nonc2N)nc2c(C#CC(C)(C)O)ncc(OCCCCCCCC(=O)O)c21.Cc1ncsc1-c1ccc(CNC(=O)[C@@H]2C[C@@H](O)CN2C(=O)[C@@H](CC(=O)CCOCCOCCN)C(C)(C)C)cc1. The van der Waals surface area contributed by atoms with E-state index >= 15 is 0 Å². The van der Waals surface area contributed by atoms with Crippen LogP contribution in [-0.4, -0.2) is 276 Å². The molecule has 6 amide bonds. The van der Waals surface area contributed by atoms with E-state index in [0.717, 1.165) is 101 Å². The minimum atomic E-state index is -1.23. The van der Waals surface area contributed by atoms with Crippen LogP contribution in [0.3, 0.4) is 0 Å². The molecule has 42 nitrogen and oxygen atoms in total. The summed E-state index contributed by atoms with van der Waals surface area (Å²) in [6, 6.07) is 13.1. The Bertz CT molecular complexity index is 6180. The summed E-state index contributed by atoms with van der Waals surface area (Å²) < 4.78 is 47.6. The van der Waals surface area contributed by atoms with E-state index in [1.807, 2.05) is 138 Å². The molecule has 2 aliphatic rings. The quantitative estimate of drug-likeness (QED) is 0.0124. The van der Waals surface area contributed by atoms with Gasteiger partial charge in [0.05, 0.1) is 123 Å². The van der Waals surface area contributed by atoms with E-state index in [0.29, 0.717) is 153 Å². The van der Waals surface area contributed by atoms with Gasteiger partial charge >= 0.3 is 5.97 Å². The highest BCUT2D eigenvalue weighted by Crippen LogP contribution is 2.39. The number of carboxylic acid groups (broad SMARTS) is 1. The number of nitrogen functional groups attached to an aromatic ring is 2. The van der Waals surface area contributed by atoms with Crippen molar-refractivity contribution < 1.29 is 102 Å². The molecule has 0 unspecified atom stereocenters. The number of aryl methyl sites for hydroxylation is 4. The summed E-state index contributed by atoms with van der Waals surface area (Å²) >= 11 is 3.15. The zero-order valence-corrected chi connectivity index (χ0v) is 89.4. The fourth-order valence-corrected chi connectivity index (χ4v) is 18.2. The maximum Gasteiger partial charge on any atom is 0.303 e. The number of aliphatic hydroxyl groups is 4. The number of carboxylic acids is 1. The van der Waals surface area contributed by atoms with Gasteiger partial charge < -0.3 is 111 Å². The van der Waals surface area contributed by atoms with E-state index < -0.39 is 70.2 Å². The van der Waals surface area contributed by atoms with Crippen molar-refractivity contribution in [1.29, 1.82) is 0 Å². The molecule has 15 N–H and O–H groups in total. The van der Waals surface area contributed by atoms with Crippen LogP contribution in [0, 0.1) is 54.3 Å². The molecular weight excluding hydrogens is 1970 g/mol. The number of Topliss-reactive ketones (excluding diaryl/α,β-unsaturated/α-hetero) is 1. The molecule has 2 saturated heterocycles. The summed E-state index contributed by atoms with van der Waals surface area (Å²) in [5.41, 5.74) is 26.9. The van der Waals surface area contributed by atoms with Gasteiger partial charge in [0.1, 0.15) is 68.6 Å². The molecule has 8 aromatic heterocycles. The van der Waals surface area contributed by atoms with Crippen LogP contribution in [0.5, 0.6) is 11.5 Å². The van der Waals surface area contributed by atoms with Crippen molar-refractivity contribution in [3.8, 4) is 79.1 Å². The predicted octanol–water partition coefficient (Wildman–Crippen LogP) is 11.1. The van der Waals surface area contributed by atoms with Crippen LogP contribution in [0.25, 0.3) is 66.0 Å². The lowest BCUT2D eigenvalue weighted by molar-refractivity contribution is -0.146. The molecule has 2 aliphatic heterocycles. The highest BCUT2D eigenvalue weighted by molar-refractivity contribution is 7.13. The average Bonchev–Trinajstić information content (AvgIpc) is 1.60. The number of nitrogens with one attached hydrogen (secondary N) is 4. The molecule has 12 rings (SSSR count). The van der Waals surface area contributed by atoms with E-state index in [9.17, 15) is 58.8 Å². The number of β-amino-alcohol motifs (C(OH)–C–C–N with tert-alkyl or cyclic N) is 2. The van der Waals surface area contributed by atoms with E-state index in [2.05, 4.69) is 90.5 Å². The summed E-state index contributed by atoms with van der Waals surface area (Å²) in [5.74, 6) is 10.3. The van der Waals surface area contributed by atoms with Gasteiger partial charge in [-0.1, -0.05) is 148 Å². The van der Waals surface area contributed by atoms with E-state index in [1.165, 1.54) is 9.80 Å². The van der Waals surface area contributed by atoms with Crippen LogP contribution in [0.15, 0.2) is 81.2 Å². The zero-order chi connectivity index (χ0) is 108. The Morgan fingerprint density at radius 2 is 0.940 bits per heavy atom. The lowest BCUT2D eigenvalue weighted by Crippen LogP contribution is -2.57. The molecule has 2 aromatic carbocycles. The van der Waals surface area contributed by atoms with Crippen molar-refractivity contribution >= 4 is 104 Å². The number of likely N-dealkylation sites (tertiary alicyclic amines) is 2. The molecule has 150 heavy (non-hydrogen) atoms. The van der Waals surface area contributed by atoms with Crippen molar-refractivity contribution in [2.45, 2.75) is 281 Å². The highest BCUT2D eigenvalue weighted by Gasteiger charge is 2.47. The molecule has 10 heterocycles. The summed E-state index contributed by atoms with van der Waals surface area (Å²) in [6.07, 6.45) is 11.2. The minimum absolute atomic E-state index is 0.